The number of nitrogens with zero attached hydrogens (tertiary/aromatic N) is 2. The Hall–Kier alpha value is -1.90. The van der Waals surface area contributed by atoms with Gasteiger partial charge in [0.05, 0.1) is 23.4 Å². The number of H-pyrrole nitrogens is 1. The quantitative estimate of drug-likeness (QED) is 0.560. The standard InChI is InChI=1S/C10H7N3/c1-2-4-9-7(3-1)8-5-12-13-10(8)6-11-9/h1-6H,(H,12,13). The van der Waals surface area contributed by atoms with Crippen LogP contribution < -0.4 is 0 Å². The van der Waals surface area contributed by atoms with Gasteiger partial charge in [0.1, 0.15) is 0 Å². The van der Waals surface area contributed by atoms with Crippen molar-refractivity contribution in [1.82, 2.24) is 15.2 Å². The Labute approximate surface area is 74.4 Å². The summed E-state index contributed by atoms with van der Waals surface area (Å²) in [5.74, 6) is 0. The molecule has 13 heavy (non-hydrogen) atoms. The maximum atomic E-state index is 4.31. The molecule has 0 aliphatic rings. The summed E-state index contributed by atoms with van der Waals surface area (Å²) in [5, 5.41) is 9.16. The number of aromatic nitrogens is 3. The first-order valence-electron chi connectivity index (χ1n) is 4.12. The number of rotatable bonds is 0. The minimum Gasteiger partial charge on any atom is -0.276 e. The number of aromatic amines is 1. The van der Waals surface area contributed by atoms with Crippen molar-refractivity contribution < 1.29 is 0 Å². The second kappa shape index (κ2) is 2.29. The van der Waals surface area contributed by atoms with Gasteiger partial charge in [-0.15, -0.1) is 0 Å². The Morgan fingerprint density at radius 3 is 2.92 bits per heavy atom. The largest absolute Gasteiger partial charge is 0.276 e. The van der Waals surface area contributed by atoms with Gasteiger partial charge in [-0.1, -0.05) is 18.2 Å². The Morgan fingerprint density at radius 2 is 1.92 bits per heavy atom. The van der Waals surface area contributed by atoms with E-state index in [-0.39, 0.29) is 0 Å². The highest BCUT2D eigenvalue weighted by Gasteiger charge is 2.00. The number of hydrogen-bond donors (Lipinski definition) is 1. The fourth-order valence-corrected chi connectivity index (χ4v) is 1.56. The molecule has 0 fully saturated rings. The average molecular weight is 169 g/mol. The lowest BCUT2D eigenvalue weighted by Crippen LogP contribution is -1.78. The van der Waals surface area contributed by atoms with E-state index in [1.54, 1.807) is 0 Å². The molecule has 0 saturated heterocycles. The molecule has 0 aliphatic carbocycles. The lowest BCUT2D eigenvalue weighted by atomic mass is 10.1. The Morgan fingerprint density at radius 1 is 1.00 bits per heavy atom. The smallest absolute Gasteiger partial charge is 0.0840 e. The molecule has 62 valence electrons. The van der Waals surface area contributed by atoms with E-state index in [0.29, 0.717) is 0 Å². The zero-order valence-electron chi connectivity index (χ0n) is 6.86. The summed E-state index contributed by atoms with van der Waals surface area (Å²) in [5.41, 5.74) is 2.00. The van der Waals surface area contributed by atoms with Crippen LogP contribution in [0.5, 0.6) is 0 Å². The molecule has 3 rings (SSSR count). The number of hydrogen-bond acceptors (Lipinski definition) is 2. The van der Waals surface area contributed by atoms with E-state index in [0.717, 1.165) is 21.8 Å². The minimum absolute atomic E-state index is 0.985. The highest BCUT2D eigenvalue weighted by Crippen LogP contribution is 2.20. The summed E-state index contributed by atoms with van der Waals surface area (Å²) >= 11 is 0. The fourth-order valence-electron chi connectivity index (χ4n) is 1.56. The van der Waals surface area contributed by atoms with Crippen molar-refractivity contribution >= 4 is 21.8 Å². The van der Waals surface area contributed by atoms with Crippen molar-refractivity contribution in [2.75, 3.05) is 0 Å². The van der Waals surface area contributed by atoms with Gasteiger partial charge in [-0.05, 0) is 6.07 Å². The summed E-state index contributed by atoms with van der Waals surface area (Å²) in [6, 6.07) is 8.06. The zero-order valence-corrected chi connectivity index (χ0v) is 6.86. The summed E-state index contributed by atoms with van der Waals surface area (Å²) < 4.78 is 0. The first-order valence-corrected chi connectivity index (χ1v) is 4.12. The third-order valence-corrected chi connectivity index (χ3v) is 2.20. The van der Waals surface area contributed by atoms with Gasteiger partial charge < -0.3 is 0 Å². The topological polar surface area (TPSA) is 41.6 Å². The maximum Gasteiger partial charge on any atom is 0.0840 e. The van der Waals surface area contributed by atoms with Crippen LogP contribution in [0.15, 0.2) is 36.7 Å². The average Bonchev–Trinajstić information content (AvgIpc) is 2.65. The number of benzene rings is 1. The SMILES string of the molecule is c1ccc2c(c1)ncc1[nH]ncc12. The molecule has 0 spiro atoms. The second-order valence-corrected chi connectivity index (χ2v) is 2.97. The molecule has 0 radical (unpaired) electrons. The molecule has 2 aromatic heterocycles. The predicted molar refractivity (Wildman–Crippen MR) is 51.4 cm³/mol. The number of para-hydroxylation sites is 1. The van der Waals surface area contributed by atoms with E-state index < -0.39 is 0 Å². The van der Waals surface area contributed by atoms with E-state index in [1.807, 2.05) is 30.6 Å². The Kier molecular flexibility index (Phi) is 1.16. The van der Waals surface area contributed by atoms with Crippen molar-refractivity contribution in [3.63, 3.8) is 0 Å². The lowest BCUT2D eigenvalue weighted by molar-refractivity contribution is 1.12. The van der Waals surface area contributed by atoms with Gasteiger partial charge in [0.25, 0.3) is 0 Å². The molecule has 1 N–H and O–H groups in total. The van der Waals surface area contributed by atoms with Gasteiger partial charge in [-0.3, -0.25) is 10.1 Å². The van der Waals surface area contributed by atoms with Gasteiger partial charge in [-0.25, -0.2) is 0 Å². The van der Waals surface area contributed by atoms with Crippen molar-refractivity contribution in [3.05, 3.63) is 36.7 Å². The Bertz CT molecular complexity index is 568. The third-order valence-electron chi connectivity index (χ3n) is 2.20. The number of pyridine rings is 1. The number of fused-ring (bicyclic) bond motifs is 3. The van der Waals surface area contributed by atoms with Gasteiger partial charge in [0, 0.05) is 10.8 Å². The first-order chi connectivity index (χ1) is 6.45. The van der Waals surface area contributed by atoms with Gasteiger partial charge in [-0.2, -0.15) is 5.10 Å². The van der Waals surface area contributed by atoms with E-state index in [4.69, 9.17) is 0 Å². The summed E-state index contributed by atoms with van der Waals surface area (Å²) in [7, 11) is 0. The third kappa shape index (κ3) is 0.839. The van der Waals surface area contributed by atoms with Gasteiger partial charge >= 0.3 is 0 Å². The molecule has 3 aromatic rings. The van der Waals surface area contributed by atoms with Crippen LogP contribution in [0.4, 0.5) is 0 Å². The molecule has 1 aromatic carbocycles. The van der Waals surface area contributed by atoms with E-state index >= 15 is 0 Å². The molecule has 0 bridgehead atoms. The fraction of sp³-hybridized carbons (Fsp3) is 0. The van der Waals surface area contributed by atoms with Crippen molar-refractivity contribution in [1.29, 1.82) is 0 Å². The van der Waals surface area contributed by atoms with Crippen LogP contribution in [0.2, 0.25) is 0 Å². The predicted octanol–water partition coefficient (Wildman–Crippen LogP) is 2.11. The molecule has 2 heterocycles. The van der Waals surface area contributed by atoms with Crippen LogP contribution in [-0.2, 0) is 0 Å². The van der Waals surface area contributed by atoms with Crippen LogP contribution in [0.25, 0.3) is 21.8 Å². The van der Waals surface area contributed by atoms with Gasteiger partial charge in [0.15, 0.2) is 0 Å². The molecular weight excluding hydrogens is 162 g/mol. The van der Waals surface area contributed by atoms with Crippen LogP contribution >= 0.6 is 0 Å². The van der Waals surface area contributed by atoms with Gasteiger partial charge in [0.2, 0.25) is 0 Å². The monoisotopic (exact) mass is 169 g/mol. The molecule has 3 heteroatoms. The van der Waals surface area contributed by atoms with Crippen LogP contribution in [0.1, 0.15) is 0 Å². The molecule has 0 atom stereocenters. The summed E-state index contributed by atoms with van der Waals surface area (Å²) in [4.78, 5) is 4.31. The first kappa shape index (κ1) is 6.60. The molecule has 3 nitrogen and oxygen atoms in total. The highest BCUT2D eigenvalue weighted by atomic mass is 15.1. The van der Waals surface area contributed by atoms with E-state index in [1.165, 1.54) is 0 Å². The normalized spacial score (nSPS) is 11.1. The molecular formula is C10H7N3. The summed E-state index contributed by atoms with van der Waals surface area (Å²) in [6.45, 7) is 0. The van der Waals surface area contributed by atoms with Crippen LogP contribution in [-0.4, -0.2) is 15.2 Å². The van der Waals surface area contributed by atoms with Crippen molar-refractivity contribution in [3.8, 4) is 0 Å². The minimum atomic E-state index is 0.985. The summed E-state index contributed by atoms with van der Waals surface area (Å²) in [6.07, 6.45) is 3.64. The Balaban J connectivity index is 2.65. The number of nitrogens with one attached hydrogen (secondary N) is 1. The molecule has 0 aliphatic heterocycles. The highest BCUT2D eigenvalue weighted by molar-refractivity contribution is 6.03. The molecule has 0 saturated carbocycles. The molecule has 0 amide bonds. The van der Waals surface area contributed by atoms with Crippen molar-refractivity contribution in [2.45, 2.75) is 0 Å². The lowest BCUT2D eigenvalue weighted by Gasteiger charge is -1.95. The molecule has 0 unspecified atom stereocenters. The van der Waals surface area contributed by atoms with Crippen molar-refractivity contribution in [2.24, 2.45) is 0 Å². The zero-order chi connectivity index (χ0) is 8.67. The second-order valence-electron chi connectivity index (χ2n) is 2.97. The van der Waals surface area contributed by atoms with E-state index in [2.05, 4.69) is 21.2 Å². The van der Waals surface area contributed by atoms with Crippen LogP contribution in [0, 0.1) is 0 Å². The van der Waals surface area contributed by atoms with Crippen LogP contribution in [0.3, 0.4) is 0 Å². The maximum absolute atomic E-state index is 4.31. The van der Waals surface area contributed by atoms with E-state index in [9.17, 15) is 0 Å².